The largest absolute Gasteiger partial charge is 0.344 e. The first-order valence-electron chi connectivity index (χ1n) is 12.1. The van der Waals surface area contributed by atoms with Crippen LogP contribution >= 0.6 is 0 Å². The molecule has 1 saturated heterocycles. The molecule has 1 atom stereocenters. The average molecular weight is 429 g/mol. The van der Waals surface area contributed by atoms with Crippen LogP contribution in [0.15, 0.2) is 24.3 Å². The Labute approximate surface area is 188 Å². The third-order valence-electron chi connectivity index (χ3n) is 6.86. The number of rotatable bonds is 7. The van der Waals surface area contributed by atoms with Gasteiger partial charge < -0.3 is 15.1 Å². The van der Waals surface area contributed by atoms with E-state index in [2.05, 4.69) is 43.1 Å². The van der Waals surface area contributed by atoms with E-state index in [-0.39, 0.29) is 18.0 Å². The van der Waals surface area contributed by atoms with E-state index in [0.29, 0.717) is 24.9 Å². The van der Waals surface area contributed by atoms with E-state index in [4.69, 9.17) is 0 Å². The summed E-state index contributed by atoms with van der Waals surface area (Å²) in [7, 11) is 1.93. The Kier molecular flexibility index (Phi) is 8.35. The predicted molar refractivity (Wildman–Crippen MR) is 126 cm³/mol. The number of carbonyl (C=O) groups excluding carboxylic acids is 2. The summed E-state index contributed by atoms with van der Waals surface area (Å²) >= 11 is 0. The lowest BCUT2D eigenvalue weighted by Gasteiger charge is -2.41. The minimum absolute atomic E-state index is 0.0344. The zero-order valence-electron chi connectivity index (χ0n) is 19.8. The quantitative estimate of drug-likeness (QED) is 0.701. The molecule has 1 aliphatic carbocycles. The number of hydrogen-bond acceptors (Lipinski definition) is 3. The first kappa shape index (κ1) is 23.6. The van der Waals surface area contributed by atoms with Crippen molar-refractivity contribution in [2.45, 2.75) is 64.8 Å². The number of urea groups is 1. The van der Waals surface area contributed by atoms with Crippen molar-refractivity contribution < 1.29 is 9.59 Å². The van der Waals surface area contributed by atoms with Crippen LogP contribution < -0.4 is 5.32 Å². The molecule has 1 N–H and O–H groups in total. The molecule has 1 saturated carbocycles. The molecule has 6 heteroatoms. The molecule has 2 fully saturated rings. The van der Waals surface area contributed by atoms with Crippen molar-refractivity contribution in [1.29, 1.82) is 0 Å². The van der Waals surface area contributed by atoms with Gasteiger partial charge in [0.05, 0.1) is 6.04 Å². The molecule has 0 spiro atoms. The van der Waals surface area contributed by atoms with Crippen molar-refractivity contribution >= 4 is 17.6 Å². The Bertz CT molecular complexity index is 720. The van der Waals surface area contributed by atoms with Crippen LogP contribution in [0.1, 0.15) is 64.4 Å². The lowest BCUT2D eigenvalue weighted by atomic mass is 9.94. The Morgan fingerprint density at radius 1 is 1.06 bits per heavy atom. The number of piperazine rings is 1. The fourth-order valence-electron chi connectivity index (χ4n) is 4.96. The highest BCUT2D eigenvalue weighted by Gasteiger charge is 2.38. The highest BCUT2D eigenvalue weighted by atomic mass is 16.2. The van der Waals surface area contributed by atoms with Crippen molar-refractivity contribution in [1.82, 2.24) is 14.7 Å². The van der Waals surface area contributed by atoms with Gasteiger partial charge in [-0.3, -0.25) is 9.69 Å². The molecule has 1 aliphatic heterocycles. The minimum atomic E-state index is -0.0520. The number of benzene rings is 1. The number of carbonyl (C=O) groups is 2. The van der Waals surface area contributed by atoms with Gasteiger partial charge in [0.2, 0.25) is 5.91 Å². The third kappa shape index (κ3) is 6.00. The molecule has 31 heavy (non-hydrogen) atoms. The van der Waals surface area contributed by atoms with Crippen LogP contribution in [0.3, 0.4) is 0 Å². The SMILES string of the molecule is CCCN(C)C(=O)[C@@H](C1CCCC1)N1CCN(C(=O)Nc2ccc(C(C)C)cc2)CC1. The maximum Gasteiger partial charge on any atom is 0.321 e. The van der Waals surface area contributed by atoms with E-state index in [1.807, 2.05) is 29.0 Å². The molecule has 0 radical (unpaired) electrons. The Hall–Kier alpha value is -2.08. The van der Waals surface area contributed by atoms with Gasteiger partial charge in [-0.25, -0.2) is 4.79 Å². The normalized spacial score (nSPS) is 18.9. The molecule has 0 bridgehead atoms. The van der Waals surface area contributed by atoms with Gasteiger partial charge in [0.1, 0.15) is 0 Å². The van der Waals surface area contributed by atoms with Gasteiger partial charge >= 0.3 is 6.03 Å². The zero-order chi connectivity index (χ0) is 22.4. The second-order valence-corrected chi connectivity index (χ2v) is 9.48. The van der Waals surface area contributed by atoms with Crippen LogP contribution in [0.25, 0.3) is 0 Å². The predicted octanol–water partition coefficient (Wildman–Crippen LogP) is 4.39. The molecule has 2 aliphatic rings. The summed E-state index contributed by atoms with van der Waals surface area (Å²) in [4.78, 5) is 32.1. The van der Waals surface area contributed by atoms with Gasteiger partial charge in [0.15, 0.2) is 0 Å². The van der Waals surface area contributed by atoms with Crippen LogP contribution in [0, 0.1) is 5.92 Å². The van der Waals surface area contributed by atoms with Gasteiger partial charge in [0, 0.05) is 45.5 Å². The molecular formula is C25H40N4O2. The topological polar surface area (TPSA) is 55.9 Å². The highest BCUT2D eigenvalue weighted by molar-refractivity contribution is 5.89. The molecular weight excluding hydrogens is 388 g/mol. The monoisotopic (exact) mass is 428 g/mol. The van der Waals surface area contributed by atoms with Crippen molar-refractivity contribution in [3.8, 4) is 0 Å². The van der Waals surface area contributed by atoms with Crippen LogP contribution in [0.5, 0.6) is 0 Å². The van der Waals surface area contributed by atoms with Crippen molar-refractivity contribution in [2.75, 3.05) is 45.1 Å². The second kappa shape index (κ2) is 11.0. The molecule has 1 aromatic carbocycles. The molecule has 3 amide bonds. The molecule has 1 aromatic rings. The summed E-state index contributed by atoms with van der Waals surface area (Å²) in [6.07, 6.45) is 5.71. The number of nitrogens with one attached hydrogen (secondary N) is 1. The lowest BCUT2D eigenvalue weighted by Crippen LogP contribution is -2.58. The summed E-state index contributed by atoms with van der Waals surface area (Å²) in [5.74, 6) is 1.19. The van der Waals surface area contributed by atoms with Gasteiger partial charge in [-0.15, -0.1) is 0 Å². The number of hydrogen-bond donors (Lipinski definition) is 1. The standard InChI is InChI=1S/C25H40N4O2/c1-5-14-27(4)24(30)23(21-8-6-7-9-21)28-15-17-29(18-16-28)25(31)26-22-12-10-20(11-13-22)19(2)3/h10-13,19,21,23H,5-9,14-18H2,1-4H3,(H,26,31)/t23-/m1/s1. The Balaban J connectivity index is 1.58. The van der Waals surface area contributed by atoms with E-state index in [1.54, 1.807) is 0 Å². The lowest BCUT2D eigenvalue weighted by molar-refractivity contribution is -0.138. The number of nitrogens with zero attached hydrogens (tertiary/aromatic N) is 3. The van der Waals surface area contributed by atoms with Crippen LogP contribution in [0.2, 0.25) is 0 Å². The first-order valence-corrected chi connectivity index (χ1v) is 12.1. The van der Waals surface area contributed by atoms with Crippen molar-refractivity contribution in [2.24, 2.45) is 5.92 Å². The Morgan fingerprint density at radius 2 is 1.68 bits per heavy atom. The third-order valence-corrected chi connectivity index (χ3v) is 6.86. The first-order chi connectivity index (χ1) is 14.9. The number of anilines is 1. The number of likely N-dealkylation sites (N-methyl/N-ethyl adjacent to an activating group) is 1. The summed E-state index contributed by atoms with van der Waals surface area (Å²) in [5.41, 5.74) is 2.10. The van der Waals surface area contributed by atoms with E-state index in [1.165, 1.54) is 18.4 Å². The van der Waals surface area contributed by atoms with Crippen molar-refractivity contribution in [3.05, 3.63) is 29.8 Å². The van der Waals surface area contributed by atoms with E-state index in [9.17, 15) is 9.59 Å². The molecule has 0 aromatic heterocycles. The van der Waals surface area contributed by atoms with Gasteiger partial charge in [-0.2, -0.15) is 0 Å². The molecule has 1 heterocycles. The van der Waals surface area contributed by atoms with Gasteiger partial charge in [-0.05, 0) is 48.8 Å². The molecule has 0 unspecified atom stereocenters. The Morgan fingerprint density at radius 3 is 2.23 bits per heavy atom. The molecule has 3 rings (SSSR count). The highest BCUT2D eigenvalue weighted by Crippen LogP contribution is 2.32. The van der Waals surface area contributed by atoms with E-state index in [0.717, 1.165) is 44.6 Å². The fourth-order valence-corrected chi connectivity index (χ4v) is 4.96. The maximum atomic E-state index is 13.2. The minimum Gasteiger partial charge on any atom is -0.344 e. The van der Waals surface area contributed by atoms with Crippen LogP contribution in [-0.4, -0.2) is 72.5 Å². The zero-order valence-corrected chi connectivity index (χ0v) is 19.8. The van der Waals surface area contributed by atoms with E-state index >= 15 is 0 Å². The van der Waals surface area contributed by atoms with Gasteiger partial charge in [-0.1, -0.05) is 45.7 Å². The van der Waals surface area contributed by atoms with Crippen molar-refractivity contribution in [3.63, 3.8) is 0 Å². The smallest absolute Gasteiger partial charge is 0.321 e. The summed E-state index contributed by atoms with van der Waals surface area (Å²) in [6.45, 7) is 10.1. The summed E-state index contributed by atoms with van der Waals surface area (Å²) in [5, 5.41) is 3.03. The fraction of sp³-hybridized carbons (Fsp3) is 0.680. The van der Waals surface area contributed by atoms with Crippen LogP contribution in [-0.2, 0) is 4.79 Å². The van der Waals surface area contributed by atoms with Crippen LogP contribution in [0.4, 0.5) is 10.5 Å². The number of amides is 3. The molecule has 6 nitrogen and oxygen atoms in total. The van der Waals surface area contributed by atoms with Gasteiger partial charge in [0.25, 0.3) is 0 Å². The summed E-state index contributed by atoms with van der Waals surface area (Å²) < 4.78 is 0. The summed E-state index contributed by atoms with van der Waals surface area (Å²) in [6, 6.07) is 8.01. The maximum absolute atomic E-state index is 13.2. The molecule has 172 valence electrons. The average Bonchev–Trinajstić information content (AvgIpc) is 3.29. The van der Waals surface area contributed by atoms with E-state index < -0.39 is 0 Å². The second-order valence-electron chi connectivity index (χ2n) is 9.48.